The number of likely N-dealkylation sites (N-methyl/N-ethyl adjacent to an activating group) is 2. The average Bonchev–Trinajstić information content (AvgIpc) is 2.44. The van der Waals surface area contributed by atoms with E-state index < -0.39 is 0 Å². The van der Waals surface area contributed by atoms with Crippen molar-refractivity contribution in [2.45, 2.75) is 58.5 Å². The monoisotopic (exact) mass is 294 g/mol. The van der Waals surface area contributed by atoms with Crippen LogP contribution in [-0.2, 0) is 6.42 Å². The highest BCUT2D eigenvalue weighted by Gasteiger charge is 2.37. The molecule has 0 heterocycles. The van der Waals surface area contributed by atoms with Crippen LogP contribution in [0.2, 0.25) is 0 Å². The van der Waals surface area contributed by atoms with Crippen LogP contribution < -0.4 is 5.32 Å². The summed E-state index contributed by atoms with van der Waals surface area (Å²) >= 11 is 0. The summed E-state index contributed by atoms with van der Waals surface area (Å²) < 4.78 is 13.6. The van der Waals surface area contributed by atoms with Crippen molar-refractivity contribution in [2.75, 3.05) is 20.6 Å². The van der Waals surface area contributed by atoms with Crippen LogP contribution in [-0.4, -0.2) is 37.1 Å². The van der Waals surface area contributed by atoms with Crippen molar-refractivity contribution in [3.63, 3.8) is 0 Å². The van der Waals surface area contributed by atoms with Crippen LogP contribution in [0.15, 0.2) is 18.2 Å². The maximum absolute atomic E-state index is 13.6. The number of halogens is 1. The van der Waals surface area contributed by atoms with Gasteiger partial charge in [0.05, 0.1) is 0 Å². The Morgan fingerprint density at radius 3 is 2.29 bits per heavy atom. The van der Waals surface area contributed by atoms with Crippen molar-refractivity contribution >= 4 is 0 Å². The van der Waals surface area contributed by atoms with Gasteiger partial charge in [-0.1, -0.05) is 26.8 Å². The highest BCUT2D eigenvalue weighted by atomic mass is 19.1. The molecule has 0 saturated heterocycles. The summed E-state index contributed by atoms with van der Waals surface area (Å²) in [6.45, 7) is 9.61. The molecule has 2 nitrogen and oxygen atoms in total. The van der Waals surface area contributed by atoms with Crippen LogP contribution in [0.25, 0.3) is 0 Å². The summed E-state index contributed by atoms with van der Waals surface area (Å²) in [5, 5.41) is 3.64. The Balaban J connectivity index is 3.13. The molecule has 0 aliphatic heterocycles. The van der Waals surface area contributed by atoms with E-state index in [-0.39, 0.29) is 11.4 Å². The lowest BCUT2D eigenvalue weighted by Crippen LogP contribution is -2.59. The summed E-state index contributed by atoms with van der Waals surface area (Å²) in [5.74, 6) is -0.144. The Morgan fingerprint density at radius 2 is 1.81 bits per heavy atom. The minimum Gasteiger partial charge on any atom is -0.312 e. The minimum atomic E-state index is -0.144. The van der Waals surface area contributed by atoms with Gasteiger partial charge in [0.1, 0.15) is 5.82 Å². The maximum atomic E-state index is 13.6. The molecule has 0 aromatic heterocycles. The summed E-state index contributed by atoms with van der Waals surface area (Å²) in [7, 11) is 4.30. The molecule has 0 fully saturated rings. The lowest BCUT2D eigenvalue weighted by atomic mass is 9.79. The van der Waals surface area contributed by atoms with Gasteiger partial charge in [0.15, 0.2) is 0 Å². The van der Waals surface area contributed by atoms with Gasteiger partial charge in [0.2, 0.25) is 0 Å². The number of rotatable bonds is 8. The molecular formula is C18H31FN2. The Bertz CT molecular complexity index is 439. The first-order valence-corrected chi connectivity index (χ1v) is 8.07. The molecule has 0 radical (unpaired) electrons. The van der Waals surface area contributed by atoms with E-state index in [4.69, 9.17) is 0 Å². The van der Waals surface area contributed by atoms with Gasteiger partial charge in [-0.15, -0.1) is 0 Å². The third-order valence-electron chi connectivity index (χ3n) is 4.95. The fraction of sp³-hybridized carbons (Fsp3) is 0.667. The van der Waals surface area contributed by atoms with Gasteiger partial charge in [-0.3, -0.25) is 0 Å². The third-order valence-corrected chi connectivity index (χ3v) is 4.95. The number of benzene rings is 1. The van der Waals surface area contributed by atoms with Crippen molar-refractivity contribution in [3.8, 4) is 0 Å². The zero-order valence-electron chi connectivity index (χ0n) is 14.5. The van der Waals surface area contributed by atoms with Gasteiger partial charge in [0, 0.05) is 11.6 Å². The van der Waals surface area contributed by atoms with Crippen LogP contribution in [0, 0.1) is 12.7 Å². The van der Waals surface area contributed by atoms with Gasteiger partial charge in [0.25, 0.3) is 0 Å². The number of nitrogens with zero attached hydrogens (tertiary/aromatic N) is 1. The first kappa shape index (κ1) is 18.1. The van der Waals surface area contributed by atoms with E-state index in [1.807, 2.05) is 6.07 Å². The van der Waals surface area contributed by atoms with Crippen molar-refractivity contribution in [1.29, 1.82) is 0 Å². The highest BCUT2D eigenvalue weighted by Crippen LogP contribution is 2.29. The largest absolute Gasteiger partial charge is 0.312 e. The van der Waals surface area contributed by atoms with E-state index >= 15 is 0 Å². The van der Waals surface area contributed by atoms with E-state index in [1.54, 1.807) is 12.1 Å². The van der Waals surface area contributed by atoms with Gasteiger partial charge >= 0.3 is 0 Å². The predicted molar refractivity (Wildman–Crippen MR) is 89.3 cm³/mol. The average molecular weight is 294 g/mol. The Kier molecular flexibility index (Phi) is 6.82. The fourth-order valence-corrected chi connectivity index (χ4v) is 3.47. The van der Waals surface area contributed by atoms with Crippen molar-refractivity contribution in [1.82, 2.24) is 10.2 Å². The van der Waals surface area contributed by atoms with E-state index in [9.17, 15) is 4.39 Å². The molecule has 1 N–H and O–H groups in total. The molecule has 0 aliphatic rings. The number of hydrogen-bond acceptors (Lipinski definition) is 2. The zero-order valence-corrected chi connectivity index (χ0v) is 14.5. The van der Waals surface area contributed by atoms with Crippen LogP contribution in [0.1, 0.15) is 44.7 Å². The number of nitrogens with one attached hydrogen (secondary N) is 1. The Hall–Kier alpha value is -0.930. The molecule has 3 heteroatoms. The molecule has 0 saturated carbocycles. The van der Waals surface area contributed by atoms with E-state index in [1.165, 1.54) is 5.56 Å². The molecular weight excluding hydrogens is 263 g/mol. The van der Waals surface area contributed by atoms with Gasteiger partial charge in [-0.05, 0) is 70.1 Å². The van der Waals surface area contributed by atoms with Gasteiger partial charge in [-0.2, -0.15) is 0 Å². The Morgan fingerprint density at radius 1 is 1.19 bits per heavy atom. The van der Waals surface area contributed by atoms with Crippen molar-refractivity contribution < 1.29 is 4.39 Å². The molecule has 0 bridgehead atoms. The fourth-order valence-electron chi connectivity index (χ4n) is 3.47. The third kappa shape index (κ3) is 4.04. The molecule has 1 aromatic rings. The molecule has 0 amide bonds. The molecule has 21 heavy (non-hydrogen) atoms. The molecule has 0 spiro atoms. The standard InChI is InChI=1S/C18H31FN2/c1-7-18(8-2,21(5)6)17(20-9-3)13-15-12-16(19)11-10-14(15)4/h10-12,17,20H,7-9,13H2,1-6H3. The van der Waals surface area contributed by atoms with E-state index in [2.05, 4.69) is 52.0 Å². The van der Waals surface area contributed by atoms with Crippen LogP contribution in [0.4, 0.5) is 4.39 Å². The predicted octanol–water partition coefficient (Wildman–Crippen LogP) is 3.78. The van der Waals surface area contributed by atoms with Crippen LogP contribution in [0.3, 0.4) is 0 Å². The summed E-state index contributed by atoms with van der Waals surface area (Å²) in [4.78, 5) is 2.33. The van der Waals surface area contributed by atoms with Crippen molar-refractivity contribution in [2.24, 2.45) is 0 Å². The SMILES string of the molecule is CCNC(Cc1cc(F)ccc1C)C(CC)(CC)N(C)C. The van der Waals surface area contributed by atoms with Crippen LogP contribution >= 0.6 is 0 Å². The topological polar surface area (TPSA) is 15.3 Å². The first-order chi connectivity index (χ1) is 9.91. The maximum Gasteiger partial charge on any atom is 0.123 e. The Labute approximate surface area is 129 Å². The lowest BCUT2D eigenvalue weighted by Gasteiger charge is -2.46. The molecule has 0 aliphatic carbocycles. The summed E-state index contributed by atoms with van der Waals surface area (Å²) in [6, 6.07) is 5.42. The second-order valence-electron chi connectivity index (χ2n) is 6.09. The van der Waals surface area contributed by atoms with E-state index in [0.717, 1.165) is 31.4 Å². The smallest absolute Gasteiger partial charge is 0.123 e. The highest BCUT2D eigenvalue weighted by molar-refractivity contribution is 5.28. The zero-order chi connectivity index (χ0) is 16.0. The second kappa shape index (κ2) is 7.90. The normalized spacial score (nSPS) is 13.7. The van der Waals surface area contributed by atoms with Gasteiger partial charge in [-0.25, -0.2) is 4.39 Å². The van der Waals surface area contributed by atoms with Crippen molar-refractivity contribution in [3.05, 3.63) is 35.1 Å². The van der Waals surface area contributed by atoms with Gasteiger partial charge < -0.3 is 10.2 Å². The summed E-state index contributed by atoms with van der Waals surface area (Å²) in [5.41, 5.74) is 2.36. The second-order valence-corrected chi connectivity index (χ2v) is 6.09. The molecule has 1 aromatic carbocycles. The summed E-state index contributed by atoms with van der Waals surface area (Å²) in [6.07, 6.45) is 3.00. The first-order valence-electron chi connectivity index (χ1n) is 8.07. The number of hydrogen-bond donors (Lipinski definition) is 1. The molecule has 1 rings (SSSR count). The number of aryl methyl sites for hydroxylation is 1. The van der Waals surface area contributed by atoms with Crippen LogP contribution in [0.5, 0.6) is 0 Å². The molecule has 1 unspecified atom stereocenters. The van der Waals surface area contributed by atoms with E-state index in [0.29, 0.717) is 6.04 Å². The minimum absolute atomic E-state index is 0.0920. The molecule has 120 valence electrons. The lowest BCUT2D eigenvalue weighted by molar-refractivity contribution is 0.0888. The molecule has 1 atom stereocenters. The quantitative estimate of drug-likeness (QED) is 0.785.